The van der Waals surface area contributed by atoms with Gasteiger partial charge in [0.1, 0.15) is 12.2 Å². The van der Waals surface area contributed by atoms with Crippen LogP contribution in [-0.4, -0.2) is 36.6 Å². The van der Waals surface area contributed by atoms with Gasteiger partial charge in [-0.15, -0.1) is 11.3 Å². The lowest BCUT2D eigenvalue weighted by molar-refractivity contribution is -0.346. The van der Waals surface area contributed by atoms with E-state index in [1.807, 2.05) is 66.7 Å². The molecule has 3 heterocycles. The molecule has 0 bridgehead atoms. The predicted molar refractivity (Wildman–Crippen MR) is 175 cm³/mol. The summed E-state index contributed by atoms with van der Waals surface area (Å²) in [5.74, 6) is -1.02. The Labute approximate surface area is 268 Å². The molecule has 4 aromatic carbocycles. The average Bonchev–Trinajstić information content (AvgIpc) is 3.49. The largest absolute Gasteiger partial charge is 0.392 e. The summed E-state index contributed by atoms with van der Waals surface area (Å²) < 4.78 is 34.6. The second-order valence-corrected chi connectivity index (χ2v) is 12.7. The highest BCUT2D eigenvalue weighted by atomic mass is 32.1. The molecule has 7 rings (SSSR count). The van der Waals surface area contributed by atoms with Crippen molar-refractivity contribution < 1.29 is 28.8 Å². The first-order valence-corrected chi connectivity index (χ1v) is 16.4. The van der Waals surface area contributed by atoms with Gasteiger partial charge in [-0.25, -0.2) is 0 Å². The predicted octanol–water partition coefficient (Wildman–Crippen LogP) is 7.30. The Hall–Kier alpha value is -3.40. The zero-order chi connectivity index (χ0) is 30.5. The van der Waals surface area contributed by atoms with Crippen molar-refractivity contribution in [2.24, 2.45) is 0 Å². The van der Waals surface area contributed by atoms with E-state index in [0.29, 0.717) is 39.5 Å². The van der Waals surface area contributed by atoms with Crippen molar-refractivity contribution in [3.05, 3.63) is 142 Å². The zero-order valence-electron chi connectivity index (χ0n) is 25.2. The van der Waals surface area contributed by atoms with Gasteiger partial charge >= 0.3 is 0 Å². The van der Waals surface area contributed by atoms with Gasteiger partial charge in [0.05, 0.1) is 50.6 Å². The molecule has 5 aromatic rings. The molecule has 1 N–H and O–H groups in total. The number of ether oxygens (including phenoxy) is 5. The van der Waals surface area contributed by atoms with Crippen LogP contribution in [0.15, 0.2) is 109 Å². The van der Waals surface area contributed by atoms with E-state index in [2.05, 4.69) is 42.5 Å². The van der Waals surface area contributed by atoms with Gasteiger partial charge in [-0.1, -0.05) is 109 Å². The molecule has 1 spiro atoms. The second-order valence-electron chi connectivity index (χ2n) is 11.7. The fraction of sp³-hybridized carbons (Fsp3) is 0.316. The molecule has 45 heavy (non-hydrogen) atoms. The standard InChI is InChI=1S/C38H38O6S/c39-22-30-17-10-18-31-32-19-20-43-38(37(32)45-36(30)31)21-33(41-24-28-13-6-2-7-14-28)35(42-25-29-15-8-3-9-16-29)34(44-38)26-40-23-27-11-4-1-5-12-27/h1-18,33-35,39H,19-26H2/t33?,34?,35-,38?/m0/s1. The van der Waals surface area contributed by atoms with Crippen LogP contribution in [0.4, 0.5) is 0 Å². The number of hydrogen-bond donors (Lipinski definition) is 1. The lowest BCUT2D eigenvalue weighted by Gasteiger charge is -2.49. The van der Waals surface area contributed by atoms with Crippen LogP contribution < -0.4 is 0 Å². The first-order valence-electron chi connectivity index (χ1n) is 15.6. The Balaban J connectivity index is 1.24. The van der Waals surface area contributed by atoms with Crippen molar-refractivity contribution in [3.63, 3.8) is 0 Å². The van der Waals surface area contributed by atoms with Gasteiger partial charge < -0.3 is 28.8 Å². The number of aliphatic hydroxyl groups is 1. The third kappa shape index (κ3) is 6.62. The van der Waals surface area contributed by atoms with Crippen molar-refractivity contribution in [1.82, 2.24) is 0 Å². The van der Waals surface area contributed by atoms with Crippen LogP contribution in [0.5, 0.6) is 0 Å². The zero-order valence-corrected chi connectivity index (χ0v) is 26.0. The molecule has 2 aliphatic heterocycles. The topological polar surface area (TPSA) is 66.4 Å². The van der Waals surface area contributed by atoms with Crippen LogP contribution >= 0.6 is 11.3 Å². The van der Waals surface area contributed by atoms with Crippen LogP contribution in [0, 0.1) is 0 Å². The maximum Gasteiger partial charge on any atom is 0.207 e. The maximum absolute atomic E-state index is 10.1. The van der Waals surface area contributed by atoms with Crippen LogP contribution in [0.3, 0.4) is 0 Å². The van der Waals surface area contributed by atoms with Crippen molar-refractivity contribution >= 4 is 21.4 Å². The van der Waals surface area contributed by atoms with E-state index >= 15 is 0 Å². The van der Waals surface area contributed by atoms with Crippen molar-refractivity contribution in [3.8, 4) is 0 Å². The Morgan fingerprint density at radius 2 is 1.40 bits per heavy atom. The molecule has 1 aromatic heterocycles. The normalized spacial score (nSPS) is 22.9. The molecular weight excluding hydrogens is 584 g/mol. The lowest BCUT2D eigenvalue weighted by Crippen LogP contribution is -2.58. The fourth-order valence-electron chi connectivity index (χ4n) is 6.42. The number of hydrogen-bond acceptors (Lipinski definition) is 7. The van der Waals surface area contributed by atoms with E-state index in [0.717, 1.165) is 43.6 Å². The van der Waals surface area contributed by atoms with Gasteiger partial charge in [0.15, 0.2) is 0 Å². The molecule has 1 fully saturated rings. The summed E-state index contributed by atoms with van der Waals surface area (Å²) in [6.45, 7) is 2.16. The summed E-state index contributed by atoms with van der Waals surface area (Å²) in [5, 5.41) is 11.3. The molecule has 0 radical (unpaired) electrons. The third-order valence-corrected chi connectivity index (χ3v) is 10.1. The highest BCUT2D eigenvalue weighted by Gasteiger charge is 2.53. The fourth-order valence-corrected chi connectivity index (χ4v) is 7.87. The van der Waals surface area contributed by atoms with Gasteiger partial charge in [0.25, 0.3) is 0 Å². The van der Waals surface area contributed by atoms with Crippen LogP contribution in [0.1, 0.15) is 39.1 Å². The van der Waals surface area contributed by atoms with E-state index in [-0.39, 0.29) is 12.7 Å². The SMILES string of the molecule is OCc1cccc2c3c(sc12)C1(CC(OCc2ccccc2)[C@H](OCc2ccccc2)C(COCc2ccccc2)O1)OCC3. The summed E-state index contributed by atoms with van der Waals surface area (Å²) in [5.41, 5.74) is 5.42. The van der Waals surface area contributed by atoms with E-state index in [4.69, 9.17) is 23.7 Å². The number of aliphatic hydroxyl groups excluding tert-OH is 1. The average molecular weight is 623 g/mol. The van der Waals surface area contributed by atoms with E-state index in [1.165, 1.54) is 5.56 Å². The van der Waals surface area contributed by atoms with E-state index in [9.17, 15) is 5.11 Å². The molecule has 0 aliphatic carbocycles. The van der Waals surface area contributed by atoms with Crippen LogP contribution in [0.25, 0.3) is 10.1 Å². The minimum absolute atomic E-state index is 0.0143. The smallest absolute Gasteiger partial charge is 0.207 e. The Kier molecular flexibility index (Phi) is 9.37. The second kappa shape index (κ2) is 13.9. The molecule has 2 aliphatic rings. The minimum atomic E-state index is -1.02. The molecule has 6 nitrogen and oxygen atoms in total. The molecule has 3 unspecified atom stereocenters. The Bertz CT molecular complexity index is 1670. The number of benzene rings is 4. The van der Waals surface area contributed by atoms with Crippen molar-refractivity contribution in [1.29, 1.82) is 0 Å². The van der Waals surface area contributed by atoms with Gasteiger partial charge in [0.2, 0.25) is 5.79 Å². The molecule has 232 valence electrons. The van der Waals surface area contributed by atoms with Crippen LogP contribution in [0.2, 0.25) is 0 Å². The van der Waals surface area contributed by atoms with Crippen molar-refractivity contribution in [2.75, 3.05) is 13.2 Å². The molecule has 7 heteroatoms. The van der Waals surface area contributed by atoms with Crippen LogP contribution in [-0.2, 0) is 62.3 Å². The summed E-state index contributed by atoms with van der Waals surface area (Å²) in [6, 6.07) is 36.7. The molecular formula is C38H38O6S. The van der Waals surface area contributed by atoms with Gasteiger partial charge in [-0.05, 0) is 39.6 Å². The molecule has 4 atom stereocenters. The number of fused-ring (bicyclic) bond motifs is 4. The Morgan fingerprint density at radius 3 is 2.07 bits per heavy atom. The summed E-state index contributed by atoms with van der Waals surface area (Å²) >= 11 is 1.66. The molecule has 0 amide bonds. The summed E-state index contributed by atoms with van der Waals surface area (Å²) in [4.78, 5) is 1.05. The number of rotatable bonds is 11. The first-order chi connectivity index (χ1) is 22.2. The Morgan fingerprint density at radius 1 is 0.756 bits per heavy atom. The van der Waals surface area contributed by atoms with E-state index < -0.39 is 18.0 Å². The van der Waals surface area contributed by atoms with E-state index in [1.54, 1.807) is 11.3 Å². The van der Waals surface area contributed by atoms with Gasteiger partial charge in [-0.2, -0.15) is 0 Å². The first kappa shape index (κ1) is 30.3. The van der Waals surface area contributed by atoms with Gasteiger partial charge in [-0.3, -0.25) is 0 Å². The number of thiophene rings is 1. The maximum atomic E-state index is 10.1. The minimum Gasteiger partial charge on any atom is -0.392 e. The summed E-state index contributed by atoms with van der Waals surface area (Å²) in [7, 11) is 0. The van der Waals surface area contributed by atoms with Crippen molar-refractivity contribution in [2.45, 2.75) is 63.4 Å². The molecule has 0 saturated carbocycles. The summed E-state index contributed by atoms with van der Waals surface area (Å²) in [6.07, 6.45) is 0.0741. The quantitative estimate of drug-likeness (QED) is 0.167. The monoisotopic (exact) mass is 622 g/mol. The molecule has 1 saturated heterocycles. The highest BCUT2D eigenvalue weighted by Crippen LogP contribution is 2.50. The highest BCUT2D eigenvalue weighted by molar-refractivity contribution is 7.19. The lowest BCUT2D eigenvalue weighted by atomic mass is 9.90. The van der Waals surface area contributed by atoms with Gasteiger partial charge in [0, 0.05) is 11.1 Å². The third-order valence-electron chi connectivity index (χ3n) is 8.63.